The molecule has 0 fully saturated rings. The van der Waals surface area contributed by atoms with Crippen LogP contribution in [0.25, 0.3) is 11.4 Å². The molecule has 2 rings (SSSR count). The van der Waals surface area contributed by atoms with E-state index in [1.54, 1.807) is 19.9 Å². The lowest BCUT2D eigenvalue weighted by Gasteiger charge is -2.12. The molecule has 1 atom stereocenters. The van der Waals surface area contributed by atoms with Crippen LogP contribution in [0.4, 0.5) is 4.39 Å². The highest BCUT2D eigenvalue weighted by molar-refractivity contribution is 6.34. The van der Waals surface area contributed by atoms with Crippen molar-refractivity contribution in [2.24, 2.45) is 0 Å². The average molecular weight is 298 g/mol. The number of hydrogen-bond acceptors (Lipinski definition) is 3. The van der Waals surface area contributed by atoms with Crippen molar-refractivity contribution in [3.05, 3.63) is 34.4 Å². The van der Waals surface area contributed by atoms with Gasteiger partial charge in [-0.3, -0.25) is 0 Å². The Morgan fingerprint density at radius 3 is 2.75 bits per heavy atom. The summed E-state index contributed by atoms with van der Waals surface area (Å²) >= 11 is 6.20. The third kappa shape index (κ3) is 2.83. The fraction of sp³-hybridized carbons (Fsp3) is 0.429. The van der Waals surface area contributed by atoms with Crippen molar-refractivity contribution in [1.29, 1.82) is 0 Å². The standard InChI is InChI=1S/C14H17ClFN3O/c1-4-10(20)7-19-14(17-9(3)18-19)12-11(16)6-5-8(2)13(12)15/h5-6,10,20H,4,7H2,1-3H3. The first-order valence-corrected chi connectivity index (χ1v) is 6.86. The topological polar surface area (TPSA) is 50.9 Å². The van der Waals surface area contributed by atoms with Gasteiger partial charge >= 0.3 is 0 Å². The Labute approximate surface area is 122 Å². The van der Waals surface area contributed by atoms with E-state index in [2.05, 4.69) is 10.1 Å². The summed E-state index contributed by atoms with van der Waals surface area (Å²) in [5, 5.41) is 14.3. The number of halogens is 2. The van der Waals surface area contributed by atoms with E-state index in [1.807, 2.05) is 6.92 Å². The molecule has 6 heteroatoms. The number of aliphatic hydroxyl groups is 1. The molecule has 0 amide bonds. The van der Waals surface area contributed by atoms with Gasteiger partial charge in [-0.15, -0.1) is 0 Å². The van der Waals surface area contributed by atoms with Gasteiger partial charge in [-0.05, 0) is 31.9 Å². The first-order chi connectivity index (χ1) is 9.43. The van der Waals surface area contributed by atoms with Crippen molar-refractivity contribution in [3.8, 4) is 11.4 Å². The molecule has 0 bridgehead atoms. The SMILES string of the molecule is CCC(O)Cn1nc(C)nc1-c1c(F)ccc(C)c1Cl. The maximum atomic E-state index is 14.1. The summed E-state index contributed by atoms with van der Waals surface area (Å²) in [6.45, 7) is 5.66. The van der Waals surface area contributed by atoms with Crippen LogP contribution in [0.5, 0.6) is 0 Å². The van der Waals surface area contributed by atoms with Gasteiger partial charge < -0.3 is 5.11 Å². The van der Waals surface area contributed by atoms with Crippen LogP contribution in [0.2, 0.25) is 5.02 Å². The summed E-state index contributed by atoms with van der Waals surface area (Å²) in [5.74, 6) is 0.418. The predicted octanol–water partition coefficient (Wildman–Crippen LogP) is 3.13. The van der Waals surface area contributed by atoms with Gasteiger partial charge in [0, 0.05) is 0 Å². The van der Waals surface area contributed by atoms with Gasteiger partial charge in [0.15, 0.2) is 5.82 Å². The van der Waals surface area contributed by atoms with E-state index in [-0.39, 0.29) is 12.1 Å². The number of nitrogens with zero attached hydrogens (tertiary/aromatic N) is 3. The van der Waals surface area contributed by atoms with Crippen molar-refractivity contribution in [2.75, 3.05) is 0 Å². The van der Waals surface area contributed by atoms with E-state index in [9.17, 15) is 9.50 Å². The normalized spacial score (nSPS) is 12.7. The molecule has 0 radical (unpaired) electrons. The zero-order valence-corrected chi connectivity index (χ0v) is 12.4. The molecule has 0 saturated carbocycles. The summed E-state index contributed by atoms with van der Waals surface area (Å²) in [6.07, 6.45) is 0.0315. The lowest BCUT2D eigenvalue weighted by molar-refractivity contribution is 0.145. The van der Waals surface area contributed by atoms with Gasteiger partial charge in [-0.25, -0.2) is 14.1 Å². The molecular weight excluding hydrogens is 281 g/mol. The van der Waals surface area contributed by atoms with Gasteiger partial charge in [-0.1, -0.05) is 24.6 Å². The zero-order chi connectivity index (χ0) is 14.9. The molecule has 0 aliphatic rings. The molecule has 0 saturated heterocycles. The molecule has 0 spiro atoms. The molecule has 1 aromatic heterocycles. The first kappa shape index (κ1) is 14.9. The minimum Gasteiger partial charge on any atom is -0.391 e. The monoisotopic (exact) mass is 297 g/mol. The van der Waals surface area contributed by atoms with Gasteiger partial charge in [0.2, 0.25) is 0 Å². The number of rotatable bonds is 4. The molecule has 1 aromatic carbocycles. The third-order valence-corrected chi connectivity index (χ3v) is 3.63. The first-order valence-electron chi connectivity index (χ1n) is 6.48. The van der Waals surface area contributed by atoms with E-state index in [0.717, 1.165) is 5.56 Å². The van der Waals surface area contributed by atoms with Crippen LogP contribution < -0.4 is 0 Å². The van der Waals surface area contributed by atoms with Crippen LogP contribution >= 0.6 is 11.6 Å². The highest BCUT2D eigenvalue weighted by atomic mass is 35.5. The minimum atomic E-state index is -0.554. The summed E-state index contributed by atoms with van der Waals surface area (Å²) < 4.78 is 15.6. The van der Waals surface area contributed by atoms with Gasteiger partial charge in [0.25, 0.3) is 0 Å². The van der Waals surface area contributed by atoms with Gasteiger partial charge in [0.05, 0.1) is 23.2 Å². The molecule has 1 N–H and O–H groups in total. The Hall–Kier alpha value is -1.46. The number of benzene rings is 1. The fourth-order valence-corrected chi connectivity index (χ4v) is 2.20. The second kappa shape index (κ2) is 5.89. The summed E-state index contributed by atoms with van der Waals surface area (Å²) in [6, 6.07) is 2.98. The molecule has 4 nitrogen and oxygen atoms in total. The highest BCUT2D eigenvalue weighted by Crippen LogP contribution is 2.32. The quantitative estimate of drug-likeness (QED) is 0.943. The Bertz CT molecular complexity index is 627. The minimum absolute atomic E-state index is 0.232. The average Bonchev–Trinajstić information content (AvgIpc) is 2.75. The van der Waals surface area contributed by atoms with Gasteiger partial charge in [-0.2, -0.15) is 5.10 Å². The van der Waals surface area contributed by atoms with E-state index in [4.69, 9.17) is 11.6 Å². The molecule has 20 heavy (non-hydrogen) atoms. The van der Waals surface area contributed by atoms with E-state index in [0.29, 0.717) is 23.1 Å². The maximum Gasteiger partial charge on any atom is 0.162 e. The molecule has 1 heterocycles. The molecule has 1 unspecified atom stereocenters. The van der Waals surface area contributed by atoms with Crippen molar-refractivity contribution >= 4 is 11.6 Å². The lowest BCUT2D eigenvalue weighted by Crippen LogP contribution is -2.17. The Kier molecular flexibility index (Phi) is 4.40. The largest absolute Gasteiger partial charge is 0.391 e. The lowest BCUT2D eigenvalue weighted by atomic mass is 10.1. The van der Waals surface area contributed by atoms with Crippen LogP contribution in [0.1, 0.15) is 24.7 Å². The molecular formula is C14H17ClFN3O. The fourth-order valence-electron chi connectivity index (χ4n) is 1.96. The van der Waals surface area contributed by atoms with E-state index < -0.39 is 11.9 Å². The van der Waals surface area contributed by atoms with E-state index in [1.165, 1.54) is 10.7 Å². The summed E-state index contributed by atoms with van der Waals surface area (Å²) in [7, 11) is 0. The van der Waals surface area contributed by atoms with Crippen LogP contribution in [0, 0.1) is 19.7 Å². The van der Waals surface area contributed by atoms with Crippen molar-refractivity contribution in [2.45, 2.75) is 39.8 Å². The van der Waals surface area contributed by atoms with Crippen LogP contribution in [-0.4, -0.2) is 26.0 Å². The Balaban J connectivity index is 2.56. The molecule has 0 aliphatic heterocycles. The second-order valence-corrected chi connectivity index (χ2v) is 5.16. The van der Waals surface area contributed by atoms with Crippen molar-refractivity contribution in [3.63, 3.8) is 0 Å². The zero-order valence-electron chi connectivity index (χ0n) is 11.7. The molecule has 108 valence electrons. The predicted molar refractivity (Wildman–Crippen MR) is 76.2 cm³/mol. The summed E-state index contributed by atoms with van der Waals surface area (Å²) in [4.78, 5) is 4.25. The maximum absolute atomic E-state index is 14.1. The van der Waals surface area contributed by atoms with Crippen molar-refractivity contribution in [1.82, 2.24) is 14.8 Å². The van der Waals surface area contributed by atoms with E-state index >= 15 is 0 Å². The number of aryl methyl sites for hydroxylation is 2. The van der Waals surface area contributed by atoms with Crippen LogP contribution in [0.15, 0.2) is 12.1 Å². The van der Waals surface area contributed by atoms with Gasteiger partial charge in [0.1, 0.15) is 11.6 Å². The third-order valence-electron chi connectivity index (χ3n) is 3.14. The Morgan fingerprint density at radius 1 is 1.40 bits per heavy atom. The van der Waals surface area contributed by atoms with Crippen molar-refractivity contribution < 1.29 is 9.50 Å². The second-order valence-electron chi connectivity index (χ2n) is 4.78. The summed E-state index contributed by atoms with van der Waals surface area (Å²) in [5.41, 5.74) is 1.00. The molecule has 0 aliphatic carbocycles. The number of hydrogen-bond donors (Lipinski definition) is 1. The van der Waals surface area contributed by atoms with Crippen LogP contribution in [0.3, 0.4) is 0 Å². The number of aliphatic hydroxyl groups excluding tert-OH is 1. The van der Waals surface area contributed by atoms with Crippen LogP contribution in [-0.2, 0) is 6.54 Å². The number of aromatic nitrogens is 3. The highest BCUT2D eigenvalue weighted by Gasteiger charge is 2.20. The smallest absolute Gasteiger partial charge is 0.162 e. The Morgan fingerprint density at radius 2 is 2.10 bits per heavy atom. The molecule has 2 aromatic rings.